The second-order valence-electron chi connectivity index (χ2n) is 4.72. The van der Waals surface area contributed by atoms with Gasteiger partial charge in [-0.05, 0) is 11.1 Å². The van der Waals surface area contributed by atoms with E-state index in [4.69, 9.17) is 9.79 Å². The van der Waals surface area contributed by atoms with Gasteiger partial charge in [-0.25, -0.2) is 14.2 Å². The second-order valence-corrected chi connectivity index (χ2v) is 5.86. The van der Waals surface area contributed by atoms with Crippen molar-refractivity contribution < 1.29 is 33.7 Å². The van der Waals surface area contributed by atoms with E-state index in [0.717, 1.165) is 4.90 Å². The van der Waals surface area contributed by atoms with Gasteiger partial charge in [-0.2, -0.15) is 9.69 Å². The molecule has 1 aromatic rings. The van der Waals surface area contributed by atoms with Gasteiger partial charge < -0.3 is 19.8 Å². The van der Waals surface area contributed by atoms with E-state index in [2.05, 4.69) is 4.62 Å². The molecule has 2 amide bonds. The van der Waals surface area contributed by atoms with Crippen LogP contribution in [-0.4, -0.2) is 43.4 Å². The Balaban J connectivity index is 2.09. The highest BCUT2D eigenvalue weighted by Gasteiger charge is 2.52. The molecule has 10 heteroatoms. The van der Waals surface area contributed by atoms with Crippen molar-refractivity contribution in [2.24, 2.45) is 0 Å². The number of carbonyl (C=O) groups excluding carboxylic acids is 1. The van der Waals surface area contributed by atoms with Crippen LogP contribution in [0.4, 0.5) is 4.79 Å². The highest BCUT2D eigenvalue weighted by Crippen LogP contribution is 2.48. The third-order valence-corrected chi connectivity index (χ3v) is 3.87. The first-order chi connectivity index (χ1) is 9.79. The van der Waals surface area contributed by atoms with Crippen molar-refractivity contribution in [1.29, 1.82) is 0 Å². The summed E-state index contributed by atoms with van der Waals surface area (Å²) in [5, 5.41) is 9.89. The molecular weight excluding hydrogens is 303 g/mol. The zero-order valence-corrected chi connectivity index (χ0v) is 11.4. The molecule has 2 heterocycles. The van der Waals surface area contributed by atoms with Gasteiger partial charge in [0.2, 0.25) is 0 Å². The van der Waals surface area contributed by atoms with Crippen LogP contribution in [0.2, 0.25) is 0 Å². The molecule has 1 fully saturated rings. The van der Waals surface area contributed by atoms with Gasteiger partial charge in [-0.3, -0.25) is 0 Å². The van der Waals surface area contributed by atoms with Gasteiger partial charge in [-0.1, -0.05) is 24.3 Å². The van der Waals surface area contributed by atoms with Crippen molar-refractivity contribution in [2.75, 3.05) is 6.54 Å². The Kier molecular flexibility index (Phi) is 3.03. The number of carbonyl (C=O) groups is 2. The van der Waals surface area contributed by atoms with Gasteiger partial charge in [0.05, 0.1) is 6.54 Å². The summed E-state index contributed by atoms with van der Waals surface area (Å²) >= 11 is 0. The van der Waals surface area contributed by atoms with Gasteiger partial charge in [-0.15, -0.1) is 0 Å². The molecule has 1 saturated heterocycles. The first-order valence-corrected chi connectivity index (χ1v) is 7.49. The molecule has 2 aliphatic heterocycles. The van der Waals surface area contributed by atoms with E-state index in [1.165, 1.54) is 0 Å². The minimum Gasteiger partial charge on any atom is -0.479 e. The number of nitrogens with zero attached hydrogens (tertiary/aromatic N) is 2. The van der Waals surface area contributed by atoms with Crippen LogP contribution in [0.5, 0.6) is 0 Å². The maximum Gasteiger partial charge on any atom is 0.491 e. The number of urea groups is 1. The van der Waals surface area contributed by atoms with Crippen LogP contribution < -0.4 is 0 Å². The van der Waals surface area contributed by atoms with Crippen molar-refractivity contribution in [3.8, 4) is 0 Å². The van der Waals surface area contributed by atoms with Gasteiger partial charge in [0.25, 0.3) is 0 Å². The number of aliphatic carboxylic acids is 1. The Morgan fingerprint density at radius 1 is 1.29 bits per heavy atom. The number of phosphoric acid groups is 1. The number of hydrogen-bond acceptors (Lipinski definition) is 4. The van der Waals surface area contributed by atoms with Crippen LogP contribution in [0.1, 0.15) is 23.2 Å². The number of benzene rings is 1. The van der Waals surface area contributed by atoms with Gasteiger partial charge >= 0.3 is 19.8 Å². The third-order valence-electron chi connectivity index (χ3n) is 3.48. The normalized spacial score (nSPS) is 24.2. The lowest BCUT2D eigenvalue weighted by molar-refractivity contribution is -0.142. The van der Waals surface area contributed by atoms with E-state index < -0.39 is 31.9 Å². The number of carboxylic acid groups (broad SMARTS) is 1. The van der Waals surface area contributed by atoms with E-state index >= 15 is 0 Å². The second kappa shape index (κ2) is 4.54. The molecule has 2 atom stereocenters. The molecule has 21 heavy (non-hydrogen) atoms. The van der Waals surface area contributed by atoms with Gasteiger partial charge in [0.1, 0.15) is 6.04 Å². The summed E-state index contributed by atoms with van der Waals surface area (Å²) < 4.78 is 15.4. The predicted octanol–water partition coefficient (Wildman–Crippen LogP) is 0.629. The summed E-state index contributed by atoms with van der Waals surface area (Å²) in [6.45, 7) is -0.00713. The van der Waals surface area contributed by atoms with Crippen molar-refractivity contribution >= 4 is 19.8 Å². The summed E-state index contributed by atoms with van der Waals surface area (Å²) in [7, 11) is -4.93. The van der Waals surface area contributed by atoms with Crippen molar-refractivity contribution in [3.05, 3.63) is 35.4 Å². The van der Waals surface area contributed by atoms with E-state index in [9.17, 15) is 19.3 Å². The zero-order chi connectivity index (χ0) is 15.4. The van der Waals surface area contributed by atoms with Crippen LogP contribution in [0.3, 0.4) is 0 Å². The number of fused-ring (bicyclic) bond motifs is 4. The fraction of sp³-hybridized carbons (Fsp3) is 0.273. The molecule has 2 aliphatic rings. The first-order valence-electron chi connectivity index (χ1n) is 5.96. The Morgan fingerprint density at radius 3 is 2.48 bits per heavy atom. The molecule has 0 spiro atoms. The molecule has 0 aromatic heterocycles. The first kappa shape index (κ1) is 14.0. The Labute approximate surface area is 118 Å². The molecule has 0 saturated carbocycles. The maximum atomic E-state index is 12.2. The van der Waals surface area contributed by atoms with E-state index in [1.54, 1.807) is 24.3 Å². The number of hydrogen-bond donors (Lipinski definition) is 3. The minimum absolute atomic E-state index is 0.00713. The molecule has 0 radical (unpaired) electrons. The topological polar surface area (TPSA) is 128 Å². The molecule has 3 N–H and O–H groups in total. The predicted molar refractivity (Wildman–Crippen MR) is 66.6 cm³/mol. The number of amides is 2. The van der Waals surface area contributed by atoms with Gasteiger partial charge in [0.15, 0.2) is 6.04 Å². The average Bonchev–Trinajstić information content (AvgIpc) is 2.64. The maximum absolute atomic E-state index is 12.2. The van der Waals surface area contributed by atoms with E-state index in [1.807, 2.05) is 0 Å². The standard InChI is InChI=1S/C11H11N2O7P/c14-10(15)9-7-4-2-1-3-6(7)8-5-12(9)11(16)13(8)20-21(17,18)19/h1-4,8-9H,5H2,(H,14,15)(H2,17,18,19)/t8-,9?/m0/s1. The Morgan fingerprint density at radius 2 is 1.90 bits per heavy atom. The molecule has 2 bridgehead atoms. The quantitative estimate of drug-likeness (QED) is 0.698. The molecular formula is C11H11N2O7P. The summed E-state index contributed by atoms with van der Waals surface area (Å²) in [5.74, 6) is -1.22. The molecule has 1 unspecified atom stereocenters. The summed E-state index contributed by atoms with van der Waals surface area (Å²) in [5.41, 5.74) is 0.909. The summed E-state index contributed by atoms with van der Waals surface area (Å²) in [6.07, 6.45) is 0. The van der Waals surface area contributed by atoms with Crippen LogP contribution in [0.25, 0.3) is 0 Å². The monoisotopic (exact) mass is 314 g/mol. The molecule has 1 aromatic carbocycles. The summed E-state index contributed by atoms with van der Waals surface area (Å²) in [6, 6.07) is 3.65. The highest BCUT2D eigenvalue weighted by atomic mass is 31.2. The lowest BCUT2D eigenvalue weighted by atomic mass is 9.91. The van der Waals surface area contributed by atoms with Crippen molar-refractivity contribution in [1.82, 2.24) is 9.96 Å². The van der Waals surface area contributed by atoms with Crippen molar-refractivity contribution in [2.45, 2.75) is 12.1 Å². The minimum atomic E-state index is -4.93. The lowest BCUT2D eigenvalue weighted by Gasteiger charge is -2.29. The molecule has 9 nitrogen and oxygen atoms in total. The van der Waals surface area contributed by atoms with Crippen LogP contribution in [0, 0.1) is 0 Å². The molecule has 3 rings (SSSR count). The smallest absolute Gasteiger partial charge is 0.479 e. The third kappa shape index (κ3) is 2.20. The largest absolute Gasteiger partial charge is 0.491 e. The summed E-state index contributed by atoms with van der Waals surface area (Å²) in [4.78, 5) is 42.4. The fourth-order valence-electron chi connectivity index (χ4n) is 2.74. The molecule has 112 valence electrons. The number of carboxylic acids is 1. The van der Waals surface area contributed by atoms with Gasteiger partial charge in [0, 0.05) is 0 Å². The molecule has 0 aliphatic carbocycles. The van der Waals surface area contributed by atoms with Crippen molar-refractivity contribution in [3.63, 3.8) is 0 Å². The highest BCUT2D eigenvalue weighted by molar-refractivity contribution is 7.46. The number of rotatable bonds is 3. The Bertz CT molecular complexity index is 672. The lowest BCUT2D eigenvalue weighted by Crippen LogP contribution is -2.38. The van der Waals surface area contributed by atoms with Crippen LogP contribution in [-0.2, 0) is 14.0 Å². The van der Waals surface area contributed by atoms with Crippen LogP contribution in [0.15, 0.2) is 24.3 Å². The van der Waals surface area contributed by atoms with E-state index in [-0.39, 0.29) is 6.54 Å². The average molecular weight is 314 g/mol. The fourth-order valence-corrected chi connectivity index (χ4v) is 3.16. The Hall–Kier alpha value is -1.93. The number of hydroxylamine groups is 2. The zero-order valence-electron chi connectivity index (χ0n) is 10.5. The van der Waals surface area contributed by atoms with Crippen LogP contribution >= 0.6 is 7.82 Å². The van der Waals surface area contributed by atoms with E-state index in [0.29, 0.717) is 16.2 Å². The SMILES string of the molecule is O=C(O)C1c2ccccc2[C@@H]2CN1C(=O)N2OP(=O)(O)O.